The third-order valence-corrected chi connectivity index (χ3v) is 4.18. The second-order valence-electron chi connectivity index (χ2n) is 5.01. The van der Waals surface area contributed by atoms with Crippen molar-refractivity contribution in [2.24, 2.45) is 5.92 Å². The predicted octanol–water partition coefficient (Wildman–Crippen LogP) is 3.93. The van der Waals surface area contributed by atoms with Crippen LogP contribution in [-0.2, 0) is 12.8 Å². The topological polar surface area (TPSA) is 20.2 Å². The molecule has 98 valence electrons. The molecular weight excluding hydrogens is 263 g/mol. The number of benzene rings is 2. The van der Waals surface area contributed by atoms with Gasteiger partial charge >= 0.3 is 0 Å². The molecule has 0 fully saturated rings. The number of aliphatic hydroxyl groups excluding tert-OH is 1. The summed E-state index contributed by atoms with van der Waals surface area (Å²) in [6.45, 7) is 0. The fourth-order valence-electron chi connectivity index (χ4n) is 2.83. The highest BCUT2D eigenvalue weighted by Crippen LogP contribution is 2.38. The van der Waals surface area contributed by atoms with Gasteiger partial charge in [0, 0.05) is 10.6 Å². The van der Waals surface area contributed by atoms with Gasteiger partial charge in [-0.3, -0.25) is 0 Å². The van der Waals surface area contributed by atoms with E-state index in [1.54, 1.807) is 12.1 Å². The van der Waals surface area contributed by atoms with Crippen LogP contribution in [0.4, 0.5) is 4.39 Å². The van der Waals surface area contributed by atoms with Gasteiger partial charge in [0.1, 0.15) is 5.82 Å². The summed E-state index contributed by atoms with van der Waals surface area (Å²) in [7, 11) is 0. The molecular formula is C16H14ClFO. The summed E-state index contributed by atoms with van der Waals surface area (Å²) in [5, 5.41) is 10.8. The zero-order valence-corrected chi connectivity index (χ0v) is 11.1. The van der Waals surface area contributed by atoms with Crippen molar-refractivity contribution in [1.82, 2.24) is 0 Å². The minimum Gasteiger partial charge on any atom is -0.388 e. The van der Waals surface area contributed by atoms with Crippen LogP contribution in [0.25, 0.3) is 0 Å². The van der Waals surface area contributed by atoms with Gasteiger partial charge in [-0.15, -0.1) is 0 Å². The third kappa shape index (κ3) is 2.26. The van der Waals surface area contributed by atoms with E-state index >= 15 is 0 Å². The van der Waals surface area contributed by atoms with Gasteiger partial charge in [0.25, 0.3) is 0 Å². The van der Waals surface area contributed by atoms with Crippen LogP contribution in [0.1, 0.15) is 22.8 Å². The first kappa shape index (κ1) is 12.6. The van der Waals surface area contributed by atoms with Crippen molar-refractivity contribution < 1.29 is 9.50 Å². The Bertz CT molecular complexity index is 591. The Kier molecular flexibility index (Phi) is 3.29. The molecule has 0 heterocycles. The van der Waals surface area contributed by atoms with Crippen LogP contribution in [0.5, 0.6) is 0 Å². The van der Waals surface area contributed by atoms with Crippen molar-refractivity contribution in [2.75, 3.05) is 0 Å². The Hall–Kier alpha value is -1.38. The summed E-state index contributed by atoms with van der Waals surface area (Å²) in [6, 6.07) is 12.5. The molecule has 0 aromatic heterocycles. The first-order valence-electron chi connectivity index (χ1n) is 6.35. The average Bonchev–Trinajstić information content (AvgIpc) is 2.72. The first-order valence-corrected chi connectivity index (χ1v) is 6.73. The van der Waals surface area contributed by atoms with Gasteiger partial charge in [-0.25, -0.2) is 4.39 Å². The van der Waals surface area contributed by atoms with Gasteiger partial charge < -0.3 is 5.11 Å². The summed E-state index contributed by atoms with van der Waals surface area (Å²) in [5.41, 5.74) is 2.61. The van der Waals surface area contributed by atoms with Gasteiger partial charge in [-0.1, -0.05) is 41.9 Å². The molecule has 0 spiro atoms. The van der Waals surface area contributed by atoms with E-state index < -0.39 is 6.10 Å². The molecule has 2 aromatic rings. The molecule has 0 amide bonds. The van der Waals surface area contributed by atoms with Gasteiger partial charge in [-0.2, -0.15) is 0 Å². The van der Waals surface area contributed by atoms with Crippen molar-refractivity contribution in [3.8, 4) is 0 Å². The largest absolute Gasteiger partial charge is 0.388 e. The quantitative estimate of drug-likeness (QED) is 0.881. The highest BCUT2D eigenvalue weighted by atomic mass is 35.5. The summed E-state index contributed by atoms with van der Waals surface area (Å²) < 4.78 is 13.8. The predicted molar refractivity (Wildman–Crippen MR) is 73.7 cm³/mol. The lowest BCUT2D eigenvalue weighted by atomic mass is 9.94. The molecule has 3 rings (SSSR count). The maximum atomic E-state index is 13.8. The van der Waals surface area contributed by atoms with Crippen LogP contribution in [0.15, 0.2) is 42.5 Å². The van der Waals surface area contributed by atoms with Crippen LogP contribution < -0.4 is 0 Å². The number of hydrogen-bond acceptors (Lipinski definition) is 1. The van der Waals surface area contributed by atoms with Crippen molar-refractivity contribution in [2.45, 2.75) is 18.9 Å². The van der Waals surface area contributed by atoms with Gasteiger partial charge in [0.05, 0.1) is 6.10 Å². The van der Waals surface area contributed by atoms with Crippen molar-refractivity contribution in [3.63, 3.8) is 0 Å². The minimum absolute atomic E-state index is 0.00759. The Morgan fingerprint density at radius 2 is 1.95 bits per heavy atom. The molecule has 1 nitrogen and oxygen atoms in total. The van der Waals surface area contributed by atoms with E-state index in [0.717, 1.165) is 17.5 Å². The van der Waals surface area contributed by atoms with E-state index in [0.29, 0.717) is 17.0 Å². The third-order valence-electron chi connectivity index (χ3n) is 3.83. The maximum Gasteiger partial charge on any atom is 0.127 e. The Balaban J connectivity index is 1.87. The van der Waals surface area contributed by atoms with Crippen molar-refractivity contribution in [1.29, 1.82) is 0 Å². The van der Waals surface area contributed by atoms with Gasteiger partial charge in [0.15, 0.2) is 0 Å². The maximum absolute atomic E-state index is 13.8. The van der Waals surface area contributed by atoms with E-state index in [1.807, 2.05) is 24.3 Å². The Morgan fingerprint density at radius 1 is 1.16 bits per heavy atom. The van der Waals surface area contributed by atoms with E-state index in [-0.39, 0.29) is 11.7 Å². The van der Waals surface area contributed by atoms with E-state index in [4.69, 9.17) is 11.6 Å². The van der Waals surface area contributed by atoms with E-state index in [1.165, 1.54) is 6.07 Å². The number of hydrogen-bond donors (Lipinski definition) is 1. The van der Waals surface area contributed by atoms with Crippen LogP contribution in [0.3, 0.4) is 0 Å². The molecule has 0 saturated heterocycles. The van der Waals surface area contributed by atoms with Gasteiger partial charge in [-0.05, 0) is 42.0 Å². The molecule has 3 heteroatoms. The Morgan fingerprint density at radius 3 is 2.68 bits per heavy atom. The van der Waals surface area contributed by atoms with E-state index in [9.17, 15) is 9.50 Å². The van der Waals surface area contributed by atoms with Gasteiger partial charge in [0.2, 0.25) is 0 Å². The molecule has 0 saturated carbocycles. The highest BCUT2D eigenvalue weighted by Gasteiger charge is 2.31. The van der Waals surface area contributed by atoms with Crippen LogP contribution >= 0.6 is 11.6 Å². The molecule has 2 atom stereocenters. The summed E-state index contributed by atoms with van der Waals surface area (Å²) in [6.07, 6.45) is 0.690. The van der Waals surface area contributed by atoms with Crippen LogP contribution in [-0.4, -0.2) is 5.11 Å². The second-order valence-corrected chi connectivity index (χ2v) is 5.42. The number of fused-ring (bicyclic) bond motifs is 1. The molecule has 1 N–H and O–H groups in total. The molecule has 1 aliphatic carbocycles. The molecule has 19 heavy (non-hydrogen) atoms. The molecule has 1 aliphatic rings. The van der Waals surface area contributed by atoms with Crippen LogP contribution in [0.2, 0.25) is 5.02 Å². The minimum atomic E-state index is -0.535. The first-order chi connectivity index (χ1) is 9.16. The molecule has 2 aromatic carbocycles. The standard InChI is InChI=1S/C16H14ClFO/c17-14-6-3-7-15(18)13(14)9-11-8-10-4-1-2-5-12(10)16(11)19/h1-7,11,16,19H,8-9H2. The SMILES string of the molecule is OC1c2ccccc2CC1Cc1c(F)cccc1Cl. The number of rotatable bonds is 2. The number of aliphatic hydroxyl groups is 1. The van der Waals surface area contributed by atoms with Crippen molar-refractivity contribution in [3.05, 3.63) is 70.0 Å². The number of halogens is 2. The fraction of sp³-hybridized carbons (Fsp3) is 0.250. The summed E-state index contributed by atoms with van der Waals surface area (Å²) in [5.74, 6) is -0.303. The normalized spacial score (nSPS) is 21.4. The molecule has 2 unspecified atom stereocenters. The Labute approximate surface area is 116 Å². The summed E-state index contributed by atoms with van der Waals surface area (Å²) >= 11 is 6.05. The second kappa shape index (κ2) is 4.95. The molecule has 0 radical (unpaired) electrons. The van der Waals surface area contributed by atoms with Crippen LogP contribution in [0, 0.1) is 11.7 Å². The molecule has 0 bridgehead atoms. The summed E-state index contributed by atoms with van der Waals surface area (Å²) in [4.78, 5) is 0. The highest BCUT2D eigenvalue weighted by molar-refractivity contribution is 6.31. The van der Waals surface area contributed by atoms with Crippen molar-refractivity contribution >= 4 is 11.6 Å². The smallest absolute Gasteiger partial charge is 0.127 e. The zero-order valence-electron chi connectivity index (χ0n) is 10.3. The zero-order chi connectivity index (χ0) is 13.4. The van der Waals surface area contributed by atoms with E-state index in [2.05, 4.69) is 0 Å². The lowest BCUT2D eigenvalue weighted by molar-refractivity contribution is 0.123. The lowest BCUT2D eigenvalue weighted by Crippen LogP contribution is -2.12. The molecule has 0 aliphatic heterocycles. The fourth-order valence-corrected chi connectivity index (χ4v) is 3.07. The average molecular weight is 277 g/mol. The monoisotopic (exact) mass is 276 g/mol. The lowest BCUT2D eigenvalue weighted by Gasteiger charge is -2.16.